The molecule has 5 rings (SSSR count). The van der Waals surface area contributed by atoms with Crippen LogP contribution in [0.5, 0.6) is 0 Å². The molecule has 3 aromatic carbocycles. The summed E-state index contributed by atoms with van der Waals surface area (Å²) < 4.78 is 1.88. The number of carbonyl (C=O) groups excluding carboxylic acids is 2. The van der Waals surface area contributed by atoms with Crippen LogP contribution in [0.15, 0.2) is 77.6 Å². The summed E-state index contributed by atoms with van der Waals surface area (Å²) in [7, 11) is 0. The first-order chi connectivity index (χ1) is 15.6. The second kappa shape index (κ2) is 8.19. The van der Waals surface area contributed by atoms with E-state index < -0.39 is 0 Å². The van der Waals surface area contributed by atoms with Gasteiger partial charge < -0.3 is 20.1 Å². The highest BCUT2D eigenvalue weighted by Gasteiger charge is 2.17. The number of fused-ring (bicyclic) bond motifs is 2. The van der Waals surface area contributed by atoms with Crippen LogP contribution in [-0.4, -0.2) is 36.0 Å². The van der Waals surface area contributed by atoms with Crippen LogP contribution in [0.3, 0.4) is 0 Å². The fraction of sp³-hybridized carbons (Fsp3) is 0.160. The maximum absolute atomic E-state index is 12.9. The minimum Gasteiger partial charge on any atom is -0.360 e. The van der Waals surface area contributed by atoms with Crippen molar-refractivity contribution in [2.75, 3.05) is 29.9 Å². The molecule has 0 bridgehead atoms. The number of amides is 2. The number of benzene rings is 3. The van der Waals surface area contributed by atoms with Crippen molar-refractivity contribution in [3.05, 3.63) is 83.0 Å². The highest BCUT2D eigenvalue weighted by molar-refractivity contribution is 5.97. The Morgan fingerprint density at radius 1 is 0.875 bits per heavy atom. The molecule has 7 nitrogen and oxygen atoms in total. The summed E-state index contributed by atoms with van der Waals surface area (Å²) in [5.74, 6) is -0.178. The Balaban J connectivity index is 1.40. The van der Waals surface area contributed by atoms with Gasteiger partial charge in [-0.2, -0.15) is 0 Å². The normalized spacial score (nSPS) is 13.9. The predicted octanol–water partition coefficient (Wildman–Crippen LogP) is 2.73. The fourth-order valence-corrected chi connectivity index (χ4v) is 4.21. The van der Waals surface area contributed by atoms with Crippen molar-refractivity contribution in [1.82, 2.24) is 9.88 Å². The molecule has 1 aromatic heterocycles. The van der Waals surface area contributed by atoms with Gasteiger partial charge in [0.2, 0.25) is 11.8 Å². The number of anilines is 2. The fourth-order valence-electron chi connectivity index (χ4n) is 4.21. The summed E-state index contributed by atoms with van der Waals surface area (Å²) in [5, 5.41) is 6.93. The quantitative estimate of drug-likeness (QED) is 0.492. The summed E-state index contributed by atoms with van der Waals surface area (Å²) in [6.45, 7) is 1.79. The van der Waals surface area contributed by atoms with E-state index in [4.69, 9.17) is 0 Å². The summed E-state index contributed by atoms with van der Waals surface area (Å²) in [6.07, 6.45) is 0. The highest BCUT2D eigenvalue weighted by Crippen LogP contribution is 2.21. The predicted molar refractivity (Wildman–Crippen MR) is 126 cm³/mol. The largest absolute Gasteiger partial charge is 0.360 e. The Kier molecular flexibility index (Phi) is 5.07. The smallest absolute Gasteiger partial charge is 0.244 e. The van der Waals surface area contributed by atoms with Gasteiger partial charge in [0.25, 0.3) is 0 Å². The second-order valence-electron chi connectivity index (χ2n) is 7.82. The average molecular weight is 426 g/mol. The van der Waals surface area contributed by atoms with Gasteiger partial charge >= 0.3 is 0 Å². The van der Waals surface area contributed by atoms with Crippen LogP contribution >= 0.6 is 0 Å². The van der Waals surface area contributed by atoms with Crippen molar-refractivity contribution in [1.29, 1.82) is 0 Å². The second-order valence-corrected chi connectivity index (χ2v) is 7.82. The van der Waals surface area contributed by atoms with Crippen LogP contribution in [-0.2, 0) is 16.1 Å². The van der Waals surface area contributed by atoms with Crippen molar-refractivity contribution in [3.8, 4) is 0 Å². The molecule has 0 unspecified atom stereocenters. The molecule has 0 saturated carbocycles. The molecule has 1 fully saturated rings. The number of hydrogen-bond acceptors (Lipinski definition) is 4. The highest BCUT2D eigenvalue weighted by atomic mass is 16.2. The molecule has 7 heteroatoms. The molecule has 1 saturated heterocycles. The maximum atomic E-state index is 12.9. The zero-order chi connectivity index (χ0) is 22.1. The summed E-state index contributed by atoms with van der Waals surface area (Å²) in [5.41, 5.74) is 3.04. The monoisotopic (exact) mass is 426 g/mol. The molecule has 1 aliphatic heterocycles. The van der Waals surface area contributed by atoms with Crippen LogP contribution in [0, 0.1) is 0 Å². The van der Waals surface area contributed by atoms with E-state index in [0.717, 1.165) is 23.3 Å². The topological polar surface area (TPSA) is 83.4 Å². The molecular formula is C25H22N4O3. The van der Waals surface area contributed by atoms with E-state index in [1.165, 1.54) is 0 Å². The molecule has 0 aliphatic carbocycles. The Bertz CT molecular complexity index is 1330. The van der Waals surface area contributed by atoms with E-state index in [1.54, 1.807) is 12.1 Å². The third-order valence-corrected chi connectivity index (χ3v) is 5.74. The molecular weight excluding hydrogens is 404 g/mol. The molecule has 32 heavy (non-hydrogen) atoms. The van der Waals surface area contributed by atoms with Gasteiger partial charge in [0.15, 0.2) is 5.43 Å². The number of hydrogen-bond donors (Lipinski definition) is 2. The van der Waals surface area contributed by atoms with Crippen molar-refractivity contribution in [3.63, 3.8) is 0 Å². The van der Waals surface area contributed by atoms with Crippen LogP contribution in [0.2, 0.25) is 0 Å². The molecule has 0 atom stereocenters. The van der Waals surface area contributed by atoms with Crippen molar-refractivity contribution in [2.45, 2.75) is 6.54 Å². The number of para-hydroxylation sites is 2. The number of aromatic nitrogens is 1. The van der Waals surface area contributed by atoms with Gasteiger partial charge in [-0.3, -0.25) is 14.4 Å². The van der Waals surface area contributed by atoms with Crippen LogP contribution in [0.25, 0.3) is 21.8 Å². The molecule has 1 aliphatic rings. The van der Waals surface area contributed by atoms with E-state index in [1.807, 2.05) is 70.1 Å². The maximum Gasteiger partial charge on any atom is 0.244 e. The van der Waals surface area contributed by atoms with Crippen LogP contribution in [0.4, 0.5) is 11.4 Å². The van der Waals surface area contributed by atoms with E-state index in [2.05, 4.69) is 10.6 Å². The number of carbonyl (C=O) groups is 2. The lowest BCUT2D eigenvalue weighted by molar-refractivity contribution is -0.120. The third-order valence-electron chi connectivity index (χ3n) is 5.74. The molecule has 2 N–H and O–H groups in total. The number of rotatable bonds is 4. The number of piperazine rings is 1. The third kappa shape index (κ3) is 3.69. The summed E-state index contributed by atoms with van der Waals surface area (Å²) >= 11 is 0. The molecule has 0 radical (unpaired) electrons. The first kappa shape index (κ1) is 19.8. The van der Waals surface area contributed by atoms with Gasteiger partial charge in [-0.15, -0.1) is 0 Å². The lowest BCUT2D eigenvalue weighted by atomic mass is 10.1. The van der Waals surface area contributed by atoms with Crippen molar-refractivity contribution < 1.29 is 9.59 Å². The van der Waals surface area contributed by atoms with Crippen molar-refractivity contribution >= 4 is 45.0 Å². The first-order valence-corrected chi connectivity index (χ1v) is 10.5. The van der Waals surface area contributed by atoms with Gasteiger partial charge in [-0.1, -0.05) is 24.3 Å². The zero-order valence-electron chi connectivity index (χ0n) is 17.4. The standard InChI is InChI=1S/C25H22N4O3/c30-23-15-28(14-13-26-23)18-11-9-17(10-12-18)27-24(31)16-29-21-7-3-1-5-19(21)25(32)20-6-2-4-8-22(20)29/h1-12H,13-16H2,(H,26,30)(H,27,31). The Hall–Kier alpha value is -4.13. The molecule has 0 spiro atoms. The van der Waals surface area contributed by atoms with Crippen LogP contribution < -0.4 is 21.0 Å². The van der Waals surface area contributed by atoms with E-state index in [-0.39, 0.29) is 23.8 Å². The lowest BCUT2D eigenvalue weighted by Crippen LogP contribution is -2.47. The van der Waals surface area contributed by atoms with Crippen LogP contribution in [0.1, 0.15) is 0 Å². The van der Waals surface area contributed by atoms with Gasteiger partial charge in [0.05, 0.1) is 17.6 Å². The molecule has 160 valence electrons. The van der Waals surface area contributed by atoms with E-state index in [9.17, 15) is 14.4 Å². The first-order valence-electron chi connectivity index (χ1n) is 10.5. The van der Waals surface area contributed by atoms with Gasteiger partial charge in [0.1, 0.15) is 6.54 Å². The number of pyridine rings is 1. The van der Waals surface area contributed by atoms with E-state index >= 15 is 0 Å². The zero-order valence-corrected chi connectivity index (χ0v) is 17.4. The molecule has 2 amide bonds. The molecule has 4 aromatic rings. The average Bonchev–Trinajstić information content (AvgIpc) is 2.82. The molecule has 2 heterocycles. The SMILES string of the molecule is O=C1CN(c2ccc(NC(=O)Cn3c4ccccc4c(=O)c4ccccc43)cc2)CCN1. The van der Waals surface area contributed by atoms with Gasteiger partial charge in [0, 0.05) is 35.2 Å². The minimum atomic E-state index is -0.186. The van der Waals surface area contributed by atoms with Gasteiger partial charge in [-0.05, 0) is 48.5 Å². The van der Waals surface area contributed by atoms with Crippen molar-refractivity contribution in [2.24, 2.45) is 0 Å². The Morgan fingerprint density at radius 2 is 1.50 bits per heavy atom. The minimum absolute atomic E-state index is 0.00852. The lowest BCUT2D eigenvalue weighted by Gasteiger charge is -2.28. The number of nitrogens with one attached hydrogen (secondary N) is 2. The van der Waals surface area contributed by atoms with E-state index in [0.29, 0.717) is 29.5 Å². The summed E-state index contributed by atoms with van der Waals surface area (Å²) in [6, 6.07) is 22.2. The summed E-state index contributed by atoms with van der Waals surface area (Å²) in [4.78, 5) is 39.4. The Morgan fingerprint density at radius 3 is 2.12 bits per heavy atom. The van der Waals surface area contributed by atoms with Gasteiger partial charge in [-0.25, -0.2) is 0 Å². The Labute approximate surface area is 184 Å². The number of nitrogens with zero attached hydrogens (tertiary/aromatic N) is 2.